The first-order valence-electron chi connectivity index (χ1n) is 7.64. The van der Waals surface area contributed by atoms with E-state index in [2.05, 4.69) is 29.1 Å². The summed E-state index contributed by atoms with van der Waals surface area (Å²) in [5, 5.41) is 3.30. The van der Waals surface area contributed by atoms with E-state index in [-0.39, 0.29) is 0 Å². The second kappa shape index (κ2) is 8.25. The zero-order valence-corrected chi connectivity index (χ0v) is 12.8. The van der Waals surface area contributed by atoms with E-state index in [1.807, 2.05) is 36.4 Å². The zero-order chi connectivity index (χ0) is 14.9. The highest BCUT2D eigenvalue weighted by molar-refractivity contribution is 5.58. The maximum absolute atomic E-state index is 5.74. The number of anilines is 1. The van der Waals surface area contributed by atoms with E-state index in [1.54, 1.807) is 0 Å². The number of benzene rings is 1. The van der Waals surface area contributed by atoms with Gasteiger partial charge in [-0.2, -0.15) is 4.98 Å². The summed E-state index contributed by atoms with van der Waals surface area (Å²) in [6.07, 6.45) is 3.19. The van der Waals surface area contributed by atoms with Crippen LogP contribution in [0, 0.1) is 0 Å². The Morgan fingerprint density at radius 2 is 1.86 bits per heavy atom. The predicted octanol–water partition coefficient (Wildman–Crippen LogP) is 4.14. The molecule has 4 heteroatoms. The first kappa shape index (κ1) is 15.3. The van der Waals surface area contributed by atoms with Gasteiger partial charge < -0.3 is 10.1 Å². The highest BCUT2D eigenvalue weighted by Crippen LogP contribution is 2.21. The van der Waals surface area contributed by atoms with Gasteiger partial charge in [0.15, 0.2) is 5.82 Å². The molecule has 0 aliphatic carbocycles. The molecule has 0 spiro atoms. The lowest BCUT2D eigenvalue weighted by molar-refractivity contribution is 0.298. The molecule has 2 aromatic rings. The highest BCUT2D eigenvalue weighted by atomic mass is 16.5. The molecule has 0 fully saturated rings. The molecule has 2 rings (SSSR count). The Kier molecular flexibility index (Phi) is 6.00. The molecular formula is C17H23N3O. The van der Waals surface area contributed by atoms with Crippen LogP contribution in [0.2, 0.25) is 0 Å². The van der Waals surface area contributed by atoms with Crippen LogP contribution in [0.4, 0.5) is 5.82 Å². The third-order valence-corrected chi connectivity index (χ3v) is 3.04. The minimum absolute atomic E-state index is 0.635. The first-order valence-corrected chi connectivity index (χ1v) is 7.64. The van der Waals surface area contributed by atoms with Crippen LogP contribution in [0.25, 0.3) is 11.4 Å². The molecule has 0 bridgehead atoms. The van der Waals surface area contributed by atoms with Gasteiger partial charge >= 0.3 is 0 Å². The van der Waals surface area contributed by atoms with Gasteiger partial charge in [-0.1, -0.05) is 50.6 Å². The standard InChI is InChI=1S/C17H23N3O/c1-3-5-12-21-16-13-15(18-11-4-2)19-17(20-16)14-9-7-6-8-10-14/h6-10,13H,3-5,11-12H2,1-2H3,(H,18,19,20). The summed E-state index contributed by atoms with van der Waals surface area (Å²) in [5.74, 6) is 2.15. The van der Waals surface area contributed by atoms with E-state index in [1.165, 1.54) is 0 Å². The van der Waals surface area contributed by atoms with Gasteiger partial charge in [-0.15, -0.1) is 0 Å². The second-order valence-corrected chi connectivity index (χ2v) is 4.91. The lowest BCUT2D eigenvalue weighted by atomic mass is 10.2. The SMILES string of the molecule is CCCCOc1cc(NCCC)nc(-c2ccccc2)n1. The Labute approximate surface area is 126 Å². The van der Waals surface area contributed by atoms with Gasteiger partial charge in [0.1, 0.15) is 5.82 Å². The first-order chi connectivity index (χ1) is 10.3. The molecule has 1 N–H and O–H groups in total. The van der Waals surface area contributed by atoms with Gasteiger partial charge in [0, 0.05) is 18.2 Å². The summed E-state index contributed by atoms with van der Waals surface area (Å²) in [5.41, 5.74) is 0.998. The summed E-state index contributed by atoms with van der Waals surface area (Å²) >= 11 is 0. The summed E-state index contributed by atoms with van der Waals surface area (Å²) in [6.45, 7) is 5.85. The molecule has 0 unspecified atom stereocenters. The zero-order valence-electron chi connectivity index (χ0n) is 12.8. The minimum Gasteiger partial charge on any atom is -0.478 e. The van der Waals surface area contributed by atoms with E-state index in [0.717, 1.165) is 37.2 Å². The largest absolute Gasteiger partial charge is 0.478 e. The van der Waals surface area contributed by atoms with Crippen molar-refractivity contribution in [1.29, 1.82) is 0 Å². The fourth-order valence-corrected chi connectivity index (χ4v) is 1.88. The number of aromatic nitrogens is 2. The number of nitrogens with zero attached hydrogens (tertiary/aromatic N) is 2. The Morgan fingerprint density at radius 1 is 1.05 bits per heavy atom. The number of nitrogens with one attached hydrogen (secondary N) is 1. The van der Waals surface area contributed by atoms with Crippen LogP contribution in [0.5, 0.6) is 5.88 Å². The quantitative estimate of drug-likeness (QED) is 0.740. The van der Waals surface area contributed by atoms with E-state index in [9.17, 15) is 0 Å². The fraction of sp³-hybridized carbons (Fsp3) is 0.412. The van der Waals surface area contributed by atoms with Crippen molar-refractivity contribution in [3.63, 3.8) is 0 Å². The average Bonchev–Trinajstić information content (AvgIpc) is 2.54. The van der Waals surface area contributed by atoms with Crippen LogP contribution >= 0.6 is 0 Å². The predicted molar refractivity (Wildman–Crippen MR) is 86.7 cm³/mol. The van der Waals surface area contributed by atoms with Crippen molar-refractivity contribution >= 4 is 5.82 Å². The molecule has 0 aliphatic rings. The summed E-state index contributed by atoms with van der Waals surface area (Å²) in [6, 6.07) is 11.9. The number of ether oxygens (including phenoxy) is 1. The lowest BCUT2D eigenvalue weighted by Crippen LogP contribution is -2.06. The van der Waals surface area contributed by atoms with Crippen molar-refractivity contribution in [1.82, 2.24) is 9.97 Å². The smallest absolute Gasteiger partial charge is 0.219 e. The van der Waals surface area contributed by atoms with Crippen molar-refractivity contribution in [2.75, 3.05) is 18.5 Å². The summed E-state index contributed by atoms with van der Waals surface area (Å²) in [4.78, 5) is 9.08. The average molecular weight is 285 g/mol. The van der Waals surface area contributed by atoms with Gasteiger partial charge in [-0.25, -0.2) is 4.98 Å². The maximum Gasteiger partial charge on any atom is 0.219 e. The van der Waals surface area contributed by atoms with E-state index >= 15 is 0 Å². The Balaban J connectivity index is 2.23. The van der Waals surface area contributed by atoms with Gasteiger partial charge in [-0.05, 0) is 12.8 Å². The van der Waals surface area contributed by atoms with E-state index < -0.39 is 0 Å². The molecule has 1 aromatic carbocycles. The number of hydrogen-bond donors (Lipinski definition) is 1. The van der Waals surface area contributed by atoms with Crippen LogP contribution in [-0.4, -0.2) is 23.1 Å². The molecule has 112 valence electrons. The second-order valence-electron chi connectivity index (χ2n) is 4.91. The van der Waals surface area contributed by atoms with Crippen LogP contribution in [0.3, 0.4) is 0 Å². The highest BCUT2D eigenvalue weighted by Gasteiger charge is 2.07. The Morgan fingerprint density at radius 3 is 2.57 bits per heavy atom. The van der Waals surface area contributed by atoms with Crippen LogP contribution < -0.4 is 10.1 Å². The molecule has 0 saturated carbocycles. The van der Waals surface area contributed by atoms with Crippen molar-refractivity contribution in [2.45, 2.75) is 33.1 Å². The fourth-order valence-electron chi connectivity index (χ4n) is 1.88. The molecular weight excluding hydrogens is 262 g/mol. The minimum atomic E-state index is 0.635. The molecule has 1 heterocycles. The molecule has 0 radical (unpaired) electrons. The summed E-state index contributed by atoms with van der Waals surface area (Å²) < 4.78 is 5.74. The van der Waals surface area contributed by atoms with Crippen LogP contribution in [0.1, 0.15) is 33.1 Å². The normalized spacial score (nSPS) is 10.4. The molecule has 21 heavy (non-hydrogen) atoms. The molecule has 0 saturated heterocycles. The third kappa shape index (κ3) is 4.74. The molecule has 0 amide bonds. The van der Waals surface area contributed by atoms with Gasteiger partial charge in [0.05, 0.1) is 6.61 Å². The Bertz CT molecular complexity index is 543. The van der Waals surface area contributed by atoms with Crippen molar-refractivity contribution in [3.05, 3.63) is 36.4 Å². The van der Waals surface area contributed by atoms with Crippen molar-refractivity contribution in [2.24, 2.45) is 0 Å². The van der Waals surface area contributed by atoms with E-state index in [0.29, 0.717) is 18.3 Å². The Hall–Kier alpha value is -2.10. The molecule has 1 aromatic heterocycles. The summed E-state index contributed by atoms with van der Waals surface area (Å²) in [7, 11) is 0. The molecule has 4 nitrogen and oxygen atoms in total. The third-order valence-electron chi connectivity index (χ3n) is 3.04. The van der Waals surface area contributed by atoms with Crippen LogP contribution in [-0.2, 0) is 0 Å². The monoisotopic (exact) mass is 285 g/mol. The van der Waals surface area contributed by atoms with Crippen molar-refractivity contribution in [3.8, 4) is 17.3 Å². The maximum atomic E-state index is 5.74. The van der Waals surface area contributed by atoms with Gasteiger partial charge in [0.2, 0.25) is 5.88 Å². The van der Waals surface area contributed by atoms with Gasteiger partial charge in [0.25, 0.3) is 0 Å². The number of rotatable bonds is 8. The lowest BCUT2D eigenvalue weighted by Gasteiger charge is -2.10. The van der Waals surface area contributed by atoms with Crippen LogP contribution in [0.15, 0.2) is 36.4 Å². The van der Waals surface area contributed by atoms with E-state index in [4.69, 9.17) is 4.74 Å². The van der Waals surface area contributed by atoms with Crippen molar-refractivity contribution < 1.29 is 4.74 Å². The molecule has 0 atom stereocenters. The van der Waals surface area contributed by atoms with Gasteiger partial charge in [-0.3, -0.25) is 0 Å². The number of unbranched alkanes of at least 4 members (excludes halogenated alkanes) is 1. The number of hydrogen-bond acceptors (Lipinski definition) is 4. The topological polar surface area (TPSA) is 47.0 Å². The molecule has 0 aliphatic heterocycles.